The molecule has 208 valence electrons. The predicted octanol–water partition coefficient (Wildman–Crippen LogP) is 2.15. The summed E-state index contributed by atoms with van der Waals surface area (Å²) in [4.78, 5) is 35.4. The molecule has 38 heavy (non-hydrogen) atoms. The van der Waals surface area contributed by atoms with E-state index in [1.165, 1.54) is 0 Å². The summed E-state index contributed by atoms with van der Waals surface area (Å²) in [5.41, 5.74) is -3.92. The number of alkyl halides is 2. The largest absolute Gasteiger partial charge is 0.388 e. The molecule has 5 atom stereocenters. The van der Waals surface area contributed by atoms with Gasteiger partial charge in [0.25, 0.3) is 7.37 Å². The molecular weight excluding hydrogens is 599 g/mol. The maximum atomic E-state index is 14.5. The van der Waals surface area contributed by atoms with Crippen LogP contribution in [-0.4, -0.2) is 79.7 Å². The van der Waals surface area contributed by atoms with Crippen LogP contribution in [0.15, 0.2) is 24.3 Å². The number of benzene rings is 1. The molecule has 14 nitrogen and oxygen atoms in total. The van der Waals surface area contributed by atoms with E-state index in [1.807, 2.05) is 0 Å². The summed E-state index contributed by atoms with van der Waals surface area (Å²) in [5.74, 6) is -1.87. The minimum Gasteiger partial charge on any atom is -0.388 e. The average molecular weight is 619 g/mol. The van der Waals surface area contributed by atoms with E-state index in [9.17, 15) is 33.0 Å². The van der Waals surface area contributed by atoms with Crippen molar-refractivity contribution >= 4 is 55.1 Å². The zero-order valence-corrected chi connectivity index (χ0v) is 22.1. The second-order valence-corrected chi connectivity index (χ2v) is 13.7. The van der Waals surface area contributed by atoms with E-state index >= 15 is 0 Å². The van der Waals surface area contributed by atoms with Crippen LogP contribution in [0.25, 0.3) is 11.2 Å². The van der Waals surface area contributed by atoms with Gasteiger partial charge in [0.05, 0.1) is 12.5 Å². The van der Waals surface area contributed by atoms with Crippen molar-refractivity contribution in [3.63, 3.8) is 0 Å². The second kappa shape index (κ2) is 10.6. The lowest BCUT2D eigenvalue weighted by molar-refractivity contribution is -0.0699. The van der Waals surface area contributed by atoms with Crippen LogP contribution in [0.4, 0.5) is 14.6 Å². The molecule has 1 aliphatic rings. The summed E-state index contributed by atoms with van der Waals surface area (Å²) in [7, 11) is -11.0. The number of anilines is 1. The Morgan fingerprint density at radius 3 is 2.45 bits per heavy atom. The van der Waals surface area contributed by atoms with Crippen LogP contribution >= 0.6 is 38.2 Å². The Hall–Kier alpha value is -1.84. The van der Waals surface area contributed by atoms with Crippen molar-refractivity contribution in [2.75, 3.05) is 11.2 Å². The SMILES string of the molecule is O=P(O)(O)CP(=O)(O)C(F)(F)C[C@H]1O[C@@H](n2nnc3c(NCc4ccccc4Cl)nc(Cl)nc32)[C@H](O)[C@@H]1O. The van der Waals surface area contributed by atoms with E-state index in [1.54, 1.807) is 24.3 Å². The molecule has 0 spiro atoms. The monoisotopic (exact) mass is 618 g/mol. The Balaban J connectivity index is 1.58. The van der Waals surface area contributed by atoms with Gasteiger partial charge in [0, 0.05) is 11.6 Å². The third kappa shape index (κ3) is 5.99. The van der Waals surface area contributed by atoms with Gasteiger partial charge in [-0.1, -0.05) is 35.0 Å². The van der Waals surface area contributed by atoms with Crippen LogP contribution in [0.2, 0.25) is 10.3 Å². The van der Waals surface area contributed by atoms with Crippen LogP contribution in [0.5, 0.6) is 0 Å². The number of aromatic nitrogens is 5. The number of hydrogen-bond donors (Lipinski definition) is 6. The number of nitrogens with zero attached hydrogens (tertiary/aromatic N) is 5. The smallest absolute Gasteiger partial charge is 0.335 e. The molecule has 0 saturated carbocycles. The molecular formula is C18H20Cl2F2N6O8P2. The first-order valence-corrected chi connectivity index (χ1v) is 15.0. The Labute approximate surface area is 222 Å². The maximum Gasteiger partial charge on any atom is 0.335 e. The molecule has 4 rings (SSSR count). The number of aliphatic hydroxyl groups excluding tert-OH is 2. The highest BCUT2D eigenvalue weighted by atomic mass is 35.5. The molecule has 6 N–H and O–H groups in total. The van der Waals surface area contributed by atoms with E-state index in [0.29, 0.717) is 10.6 Å². The van der Waals surface area contributed by atoms with Gasteiger partial charge in [-0.15, -0.1) is 5.10 Å². The number of halogens is 4. The zero-order valence-electron chi connectivity index (χ0n) is 18.8. The quantitative estimate of drug-likeness (QED) is 0.150. The normalized spacial score (nSPS) is 24.0. The maximum absolute atomic E-state index is 14.5. The molecule has 1 aliphatic heterocycles. The summed E-state index contributed by atoms with van der Waals surface area (Å²) in [6, 6.07) is 6.97. The first kappa shape index (κ1) is 29.2. The third-order valence-electron chi connectivity index (χ3n) is 5.61. The lowest BCUT2D eigenvalue weighted by Crippen LogP contribution is -2.35. The van der Waals surface area contributed by atoms with Gasteiger partial charge < -0.3 is 34.9 Å². The van der Waals surface area contributed by atoms with Gasteiger partial charge in [0.1, 0.15) is 18.1 Å². The van der Waals surface area contributed by atoms with Crippen molar-refractivity contribution in [3.8, 4) is 0 Å². The highest BCUT2D eigenvalue weighted by Crippen LogP contribution is 2.65. The topological polar surface area (TPSA) is 213 Å². The third-order valence-corrected chi connectivity index (χ3v) is 10.4. The molecule has 0 amide bonds. The molecule has 1 fully saturated rings. The minimum absolute atomic E-state index is 0.0435. The molecule has 1 saturated heterocycles. The first-order valence-electron chi connectivity index (χ1n) is 10.6. The summed E-state index contributed by atoms with van der Waals surface area (Å²) in [6.45, 7) is 0.198. The molecule has 0 radical (unpaired) electrons. The molecule has 3 aromatic rings. The minimum atomic E-state index is -5.74. The summed E-state index contributed by atoms with van der Waals surface area (Å²) in [6.07, 6.45) is -9.10. The molecule has 2 aromatic heterocycles. The second-order valence-electron chi connectivity index (χ2n) is 8.42. The van der Waals surface area contributed by atoms with Gasteiger partial charge in [0.15, 0.2) is 23.2 Å². The Bertz CT molecular complexity index is 1450. The fraction of sp³-hybridized carbons (Fsp3) is 0.444. The van der Waals surface area contributed by atoms with Crippen molar-refractivity contribution in [3.05, 3.63) is 40.1 Å². The van der Waals surface area contributed by atoms with Gasteiger partial charge in [-0.25, -0.2) is 0 Å². The summed E-state index contributed by atoms with van der Waals surface area (Å²) in [5, 5.41) is 31.7. The Morgan fingerprint density at radius 1 is 1.11 bits per heavy atom. The molecule has 0 bridgehead atoms. The van der Waals surface area contributed by atoms with Gasteiger partial charge in [0.2, 0.25) is 5.28 Å². The molecule has 20 heteroatoms. The molecule has 1 aromatic carbocycles. The lowest BCUT2D eigenvalue weighted by atomic mass is 10.1. The Morgan fingerprint density at radius 2 is 1.79 bits per heavy atom. The van der Waals surface area contributed by atoms with Crippen LogP contribution < -0.4 is 5.32 Å². The van der Waals surface area contributed by atoms with Crippen LogP contribution in [0, 0.1) is 0 Å². The number of fused-ring (bicyclic) bond motifs is 1. The highest BCUT2D eigenvalue weighted by molar-refractivity contribution is 7.73. The lowest BCUT2D eigenvalue weighted by Gasteiger charge is -2.26. The first-order chi connectivity index (χ1) is 17.6. The molecule has 3 heterocycles. The van der Waals surface area contributed by atoms with Crippen molar-refractivity contribution in [1.82, 2.24) is 25.0 Å². The Kier molecular flexibility index (Phi) is 8.15. The van der Waals surface area contributed by atoms with Gasteiger partial charge in [-0.05, 0) is 23.2 Å². The van der Waals surface area contributed by atoms with E-state index in [-0.39, 0.29) is 28.8 Å². The summed E-state index contributed by atoms with van der Waals surface area (Å²) >= 11 is 12.2. The zero-order chi connectivity index (χ0) is 28.0. The van der Waals surface area contributed by atoms with E-state index in [4.69, 9.17) is 37.7 Å². The van der Waals surface area contributed by atoms with Crippen molar-refractivity contribution in [1.29, 1.82) is 0 Å². The van der Waals surface area contributed by atoms with Gasteiger partial charge >= 0.3 is 13.3 Å². The number of aliphatic hydroxyl groups is 2. The predicted molar refractivity (Wildman–Crippen MR) is 129 cm³/mol. The molecule has 1 unspecified atom stereocenters. The number of nitrogens with one attached hydrogen (secondary N) is 1. The van der Waals surface area contributed by atoms with E-state index in [0.717, 1.165) is 4.68 Å². The van der Waals surface area contributed by atoms with Crippen molar-refractivity contribution < 1.29 is 47.5 Å². The number of hydrogen-bond acceptors (Lipinski definition) is 10. The van der Waals surface area contributed by atoms with Gasteiger partial charge in [-0.2, -0.15) is 23.4 Å². The summed E-state index contributed by atoms with van der Waals surface area (Å²) < 4.78 is 58.3. The average Bonchev–Trinajstić information content (AvgIpc) is 3.32. The van der Waals surface area contributed by atoms with Crippen molar-refractivity contribution in [2.24, 2.45) is 0 Å². The van der Waals surface area contributed by atoms with Crippen molar-refractivity contribution in [2.45, 2.75) is 43.2 Å². The van der Waals surface area contributed by atoms with Crippen LogP contribution in [-0.2, 0) is 20.4 Å². The fourth-order valence-electron chi connectivity index (χ4n) is 3.76. The van der Waals surface area contributed by atoms with Crippen LogP contribution in [0.3, 0.4) is 0 Å². The standard InChI is InChI=1S/C18H20Cl2F2N6O8P2/c19-9-4-2-1-3-8(9)6-23-14-11-15(25-17(20)24-14)28(27-26-11)16-13(30)12(29)10(36-16)5-18(21,22)37(31,32)7-38(33,34)35/h1-4,10,12-13,16,29-30H,5-7H2,(H,31,32)(H,23,24,25)(H2,33,34,35)/t10-,12-,13-,16-/m1/s1. The van der Waals surface area contributed by atoms with Crippen LogP contribution in [0.1, 0.15) is 18.2 Å². The van der Waals surface area contributed by atoms with E-state index < -0.39 is 57.5 Å². The highest BCUT2D eigenvalue weighted by Gasteiger charge is 2.57. The van der Waals surface area contributed by atoms with E-state index in [2.05, 4.69) is 25.6 Å². The number of ether oxygens (including phenoxy) is 1. The number of rotatable bonds is 9. The molecule has 0 aliphatic carbocycles. The fourth-order valence-corrected chi connectivity index (χ4v) is 7.41. The van der Waals surface area contributed by atoms with Gasteiger partial charge in [-0.3, -0.25) is 9.13 Å².